The van der Waals surface area contributed by atoms with Crippen molar-refractivity contribution in [3.63, 3.8) is 0 Å². The van der Waals surface area contributed by atoms with Crippen LogP contribution in [0.5, 0.6) is 0 Å². The van der Waals surface area contributed by atoms with Crippen LogP contribution in [0.25, 0.3) is 0 Å². The molecule has 1 N–H and O–H groups in total. The topological polar surface area (TPSA) is 12.0 Å². The highest BCUT2D eigenvalue weighted by Crippen LogP contribution is 2.21. The second-order valence-electron chi connectivity index (χ2n) is 4.19. The van der Waals surface area contributed by atoms with Crippen LogP contribution in [0.15, 0.2) is 24.3 Å². The van der Waals surface area contributed by atoms with Crippen molar-refractivity contribution in [2.75, 3.05) is 6.54 Å². The Hall–Kier alpha value is -0.890. The molecule has 1 rings (SSSR count). The molecule has 1 aromatic carbocycles. The van der Waals surface area contributed by atoms with Crippen LogP contribution in [0, 0.1) is 5.82 Å². The molecule has 0 saturated carbocycles. The summed E-state index contributed by atoms with van der Waals surface area (Å²) in [5, 5.41) is 3.36. The molecule has 0 heterocycles. The molecule has 0 spiro atoms. The fourth-order valence-electron chi connectivity index (χ4n) is 1.66. The first-order valence-corrected chi connectivity index (χ1v) is 5.63. The van der Waals surface area contributed by atoms with Crippen molar-refractivity contribution in [3.05, 3.63) is 35.6 Å². The molecule has 0 fully saturated rings. The van der Waals surface area contributed by atoms with Gasteiger partial charge in [0.1, 0.15) is 5.82 Å². The highest BCUT2D eigenvalue weighted by atomic mass is 19.1. The van der Waals surface area contributed by atoms with Gasteiger partial charge in [0.05, 0.1) is 0 Å². The van der Waals surface area contributed by atoms with Gasteiger partial charge in [-0.25, -0.2) is 4.39 Å². The molecule has 0 aliphatic heterocycles. The Morgan fingerprint density at radius 1 is 1.27 bits per heavy atom. The lowest BCUT2D eigenvalue weighted by molar-refractivity contribution is 0.499. The summed E-state index contributed by atoms with van der Waals surface area (Å²) in [6.07, 6.45) is 0.959. The van der Waals surface area contributed by atoms with Crippen molar-refractivity contribution in [2.24, 2.45) is 0 Å². The zero-order valence-electron chi connectivity index (χ0n) is 9.76. The number of rotatable bonds is 5. The third-order valence-corrected chi connectivity index (χ3v) is 2.61. The average molecular weight is 209 g/mol. The molecule has 15 heavy (non-hydrogen) atoms. The monoisotopic (exact) mass is 209 g/mol. The van der Waals surface area contributed by atoms with Gasteiger partial charge in [0.2, 0.25) is 0 Å². The highest BCUT2D eigenvalue weighted by Gasteiger charge is 2.13. The molecule has 0 saturated heterocycles. The Labute approximate surface area is 91.7 Å². The summed E-state index contributed by atoms with van der Waals surface area (Å²) in [6.45, 7) is 7.15. The number of hydrogen-bond acceptors (Lipinski definition) is 1. The van der Waals surface area contributed by atoms with E-state index in [1.165, 1.54) is 6.07 Å². The molecule has 0 aliphatic carbocycles. The van der Waals surface area contributed by atoms with Crippen molar-refractivity contribution < 1.29 is 4.39 Å². The molecule has 84 valence electrons. The quantitative estimate of drug-likeness (QED) is 0.784. The lowest BCUT2D eigenvalue weighted by Crippen LogP contribution is -2.28. The number of halogens is 1. The Bertz CT molecular complexity index is 296. The number of benzene rings is 1. The number of hydrogen-bond donors (Lipinski definition) is 1. The maximum absolute atomic E-state index is 13.5. The van der Waals surface area contributed by atoms with Crippen LogP contribution >= 0.6 is 0 Å². The van der Waals surface area contributed by atoms with E-state index in [2.05, 4.69) is 26.1 Å². The van der Waals surface area contributed by atoms with Gasteiger partial charge < -0.3 is 5.32 Å². The van der Waals surface area contributed by atoms with Crippen molar-refractivity contribution in [1.29, 1.82) is 0 Å². The minimum atomic E-state index is -0.0880. The molecule has 0 aromatic heterocycles. The van der Waals surface area contributed by atoms with Crippen LogP contribution < -0.4 is 5.32 Å². The lowest BCUT2D eigenvalue weighted by Gasteiger charge is -2.18. The minimum absolute atomic E-state index is 0.0880. The zero-order valence-corrected chi connectivity index (χ0v) is 9.76. The lowest BCUT2D eigenvalue weighted by atomic mass is 9.96. The Kier molecular flexibility index (Phi) is 4.76. The van der Waals surface area contributed by atoms with E-state index in [1.807, 2.05) is 12.1 Å². The van der Waals surface area contributed by atoms with Gasteiger partial charge in [-0.1, -0.05) is 39.0 Å². The Balaban J connectivity index is 2.70. The fraction of sp³-hybridized carbons (Fsp3) is 0.538. The average Bonchev–Trinajstić information content (AvgIpc) is 2.21. The van der Waals surface area contributed by atoms with E-state index < -0.39 is 0 Å². The van der Waals surface area contributed by atoms with E-state index in [1.54, 1.807) is 6.07 Å². The molecule has 0 radical (unpaired) electrons. The van der Waals surface area contributed by atoms with Crippen LogP contribution in [0.3, 0.4) is 0 Å². The predicted octanol–water partition coefficient (Wildman–Crippen LogP) is 3.32. The van der Waals surface area contributed by atoms with Crippen molar-refractivity contribution >= 4 is 0 Å². The molecule has 1 nitrogen and oxygen atoms in total. The van der Waals surface area contributed by atoms with Gasteiger partial charge in [-0.15, -0.1) is 0 Å². The van der Waals surface area contributed by atoms with E-state index in [0.717, 1.165) is 18.5 Å². The van der Waals surface area contributed by atoms with Crippen LogP contribution in [0.1, 0.15) is 38.7 Å². The second kappa shape index (κ2) is 5.86. The maximum Gasteiger partial charge on any atom is 0.126 e. The van der Waals surface area contributed by atoms with E-state index in [4.69, 9.17) is 0 Å². The van der Waals surface area contributed by atoms with E-state index in [-0.39, 0.29) is 11.7 Å². The maximum atomic E-state index is 13.5. The summed E-state index contributed by atoms with van der Waals surface area (Å²) < 4.78 is 13.5. The summed E-state index contributed by atoms with van der Waals surface area (Å²) >= 11 is 0. The summed E-state index contributed by atoms with van der Waals surface area (Å²) in [5.74, 6) is 0.184. The van der Waals surface area contributed by atoms with E-state index >= 15 is 0 Å². The zero-order chi connectivity index (χ0) is 11.3. The van der Waals surface area contributed by atoms with Crippen LogP contribution in [0.4, 0.5) is 4.39 Å². The normalized spacial score (nSPS) is 13.1. The summed E-state index contributed by atoms with van der Waals surface area (Å²) in [4.78, 5) is 0. The van der Waals surface area contributed by atoms with Gasteiger partial charge in [-0.3, -0.25) is 0 Å². The molecular weight excluding hydrogens is 189 g/mol. The SMILES string of the molecule is CCC(CNC(C)C)c1ccccc1F. The summed E-state index contributed by atoms with van der Waals surface area (Å²) in [6, 6.07) is 7.50. The first-order chi connectivity index (χ1) is 7.15. The molecule has 1 unspecified atom stereocenters. The van der Waals surface area contributed by atoms with Gasteiger partial charge in [-0.2, -0.15) is 0 Å². The van der Waals surface area contributed by atoms with Crippen LogP contribution in [-0.2, 0) is 0 Å². The molecule has 2 heteroatoms. The fourth-order valence-corrected chi connectivity index (χ4v) is 1.66. The molecular formula is C13H20FN. The van der Waals surface area contributed by atoms with Gasteiger partial charge in [0, 0.05) is 12.6 Å². The second-order valence-corrected chi connectivity index (χ2v) is 4.19. The molecule has 0 aliphatic rings. The Morgan fingerprint density at radius 2 is 1.93 bits per heavy atom. The largest absolute Gasteiger partial charge is 0.314 e. The molecule has 1 aromatic rings. The molecule has 0 amide bonds. The molecule has 0 bridgehead atoms. The first-order valence-electron chi connectivity index (χ1n) is 5.63. The van der Waals surface area contributed by atoms with Crippen LogP contribution in [0.2, 0.25) is 0 Å². The smallest absolute Gasteiger partial charge is 0.126 e. The summed E-state index contributed by atoms with van der Waals surface area (Å²) in [7, 11) is 0. The third kappa shape index (κ3) is 3.63. The third-order valence-electron chi connectivity index (χ3n) is 2.61. The first kappa shape index (κ1) is 12.2. The summed E-state index contributed by atoms with van der Waals surface area (Å²) in [5.41, 5.74) is 0.827. The van der Waals surface area contributed by atoms with E-state index in [9.17, 15) is 4.39 Å². The minimum Gasteiger partial charge on any atom is -0.314 e. The van der Waals surface area contributed by atoms with Gasteiger partial charge in [-0.05, 0) is 24.0 Å². The standard InChI is InChI=1S/C13H20FN/c1-4-11(9-15-10(2)3)12-7-5-6-8-13(12)14/h5-8,10-11,15H,4,9H2,1-3H3. The Morgan fingerprint density at radius 3 is 2.47 bits per heavy atom. The van der Waals surface area contributed by atoms with Gasteiger partial charge >= 0.3 is 0 Å². The van der Waals surface area contributed by atoms with Crippen LogP contribution in [-0.4, -0.2) is 12.6 Å². The molecule has 1 atom stereocenters. The van der Waals surface area contributed by atoms with Crippen molar-refractivity contribution in [3.8, 4) is 0 Å². The van der Waals surface area contributed by atoms with Gasteiger partial charge in [0.25, 0.3) is 0 Å². The van der Waals surface area contributed by atoms with Crippen molar-refractivity contribution in [1.82, 2.24) is 5.32 Å². The van der Waals surface area contributed by atoms with E-state index in [0.29, 0.717) is 6.04 Å². The predicted molar refractivity (Wildman–Crippen MR) is 62.6 cm³/mol. The van der Waals surface area contributed by atoms with Gasteiger partial charge in [0.15, 0.2) is 0 Å². The highest BCUT2D eigenvalue weighted by molar-refractivity contribution is 5.21. The number of nitrogens with one attached hydrogen (secondary N) is 1. The van der Waals surface area contributed by atoms with Crippen molar-refractivity contribution in [2.45, 2.75) is 39.2 Å².